The molecule has 0 atom stereocenters. The quantitative estimate of drug-likeness (QED) is 0.253. The van der Waals surface area contributed by atoms with Crippen LogP contribution in [-0.4, -0.2) is 5.78 Å². The van der Waals surface area contributed by atoms with Crippen LogP contribution in [0.25, 0.3) is 0 Å². The summed E-state index contributed by atoms with van der Waals surface area (Å²) in [5.74, 6) is 2.54. The van der Waals surface area contributed by atoms with Gasteiger partial charge in [0.05, 0.1) is 0 Å². The van der Waals surface area contributed by atoms with Gasteiger partial charge in [0.1, 0.15) is 23.0 Å². The van der Waals surface area contributed by atoms with Crippen molar-refractivity contribution in [3.8, 4) is 23.0 Å². The molecule has 0 spiro atoms. The van der Waals surface area contributed by atoms with Gasteiger partial charge in [-0.15, -0.1) is 25.3 Å². The second-order valence-electron chi connectivity index (χ2n) is 6.52. The van der Waals surface area contributed by atoms with E-state index in [1.54, 1.807) is 48.5 Å². The molecule has 0 unspecified atom stereocenters. The summed E-state index contributed by atoms with van der Waals surface area (Å²) in [6.45, 7) is 0. The van der Waals surface area contributed by atoms with Gasteiger partial charge in [0.2, 0.25) is 0 Å². The minimum Gasteiger partial charge on any atom is -0.456 e. The number of ketones is 1. The minimum absolute atomic E-state index is 0.0720. The van der Waals surface area contributed by atoms with Gasteiger partial charge in [-0.25, -0.2) is 0 Å². The summed E-state index contributed by atoms with van der Waals surface area (Å²) in [5, 5.41) is 0. The molecule has 0 aliphatic heterocycles. The van der Waals surface area contributed by atoms with Crippen LogP contribution in [0.3, 0.4) is 0 Å². The number of thiol groups is 2. The van der Waals surface area contributed by atoms with E-state index in [0.717, 1.165) is 9.79 Å². The molecule has 0 aromatic heterocycles. The van der Waals surface area contributed by atoms with E-state index in [0.29, 0.717) is 34.1 Å². The first kappa shape index (κ1) is 20.1. The van der Waals surface area contributed by atoms with Gasteiger partial charge in [-0.2, -0.15) is 0 Å². The lowest BCUT2D eigenvalue weighted by atomic mass is 10.0. The molecule has 0 amide bonds. The van der Waals surface area contributed by atoms with Crippen LogP contribution in [0.1, 0.15) is 15.9 Å². The molecular weight excluding hydrogens is 412 g/mol. The Morgan fingerprint density at radius 2 is 0.900 bits per heavy atom. The topological polar surface area (TPSA) is 35.5 Å². The highest BCUT2D eigenvalue weighted by Crippen LogP contribution is 2.29. The summed E-state index contributed by atoms with van der Waals surface area (Å²) in [6, 6.07) is 29.1. The molecule has 0 aliphatic rings. The van der Waals surface area contributed by atoms with Crippen molar-refractivity contribution in [3.63, 3.8) is 0 Å². The van der Waals surface area contributed by atoms with Crippen molar-refractivity contribution < 1.29 is 14.3 Å². The van der Waals surface area contributed by atoms with Crippen molar-refractivity contribution in [1.29, 1.82) is 0 Å². The monoisotopic (exact) mass is 430 g/mol. The third-order valence-electron chi connectivity index (χ3n) is 4.42. The molecule has 4 aromatic carbocycles. The molecule has 5 heteroatoms. The van der Waals surface area contributed by atoms with Gasteiger partial charge in [0.25, 0.3) is 0 Å². The highest BCUT2D eigenvalue weighted by Gasteiger charge is 2.10. The molecule has 0 aliphatic carbocycles. The Labute approximate surface area is 186 Å². The zero-order chi connectivity index (χ0) is 20.9. The zero-order valence-corrected chi connectivity index (χ0v) is 17.6. The molecule has 0 N–H and O–H groups in total. The SMILES string of the molecule is O=C(c1ccc(Oc2ccccc2S)cc1)c1ccc(Oc2ccccc2S)cc1. The summed E-state index contributed by atoms with van der Waals surface area (Å²) in [5.41, 5.74) is 1.16. The molecule has 4 aromatic rings. The maximum absolute atomic E-state index is 12.8. The lowest BCUT2D eigenvalue weighted by Gasteiger charge is -2.09. The van der Waals surface area contributed by atoms with Gasteiger partial charge in [-0.05, 0) is 72.8 Å². The van der Waals surface area contributed by atoms with E-state index in [9.17, 15) is 4.79 Å². The molecule has 0 bridgehead atoms. The second-order valence-corrected chi connectivity index (χ2v) is 7.48. The maximum Gasteiger partial charge on any atom is 0.193 e. The standard InChI is InChI=1S/C25H18O3S2/c26-25(17-9-13-19(14-10-17)27-21-5-1-3-7-23(21)29)18-11-15-20(16-12-18)28-22-6-2-4-8-24(22)30/h1-16,29-30H. The molecular formula is C25H18O3S2. The van der Waals surface area contributed by atoms with Crippen LogP contribution in [0.5, 0.6) is 23.0 Å². The largest absolute Gasteiger partial charge is 0.456 e. The fourth-order valence-corrected chi connectivity index (χ4v) is 3.27. The smallest absolute Gasteiger partial charge is 0.193 e. The summed E-state index contributed by atoms with van der Waals surface area (Å²) < 4.78 is 11.6. The molecule has 0 heterocycles. The van der Waals surface area contributed by atoms with E-state index in [-0.39, 0.29) is 5.78 Å². The van der Waals surface area contributed by atoms with Gasteiger partial charge < -0.3 is 9.47 Å². The fourth-order valence-electron chi connectivity index (χ4n) is 2.86. The molecule has 0 fully saturated rings. The molecule has 0 saturated carbocycles. The van der Waals surface area contributed by atoms with E-state index >= 15 is 0 Å². The fraction of sp³-hybridized carbons (Fsp3) is 0. The first-order valence-corrected chi connectivity index (χ1v) is 10.2. The number of hydrogen-bond acceptors (Lipinski definition) is 5. The van der Waals surface area contributed by atoms with Gasteiger partial charge in [-0.1, -0.05) is 24.3 Å². The van der Waals surface area contributed by atoms with Crippen molar-refractivity contribution in [2.24, 2.45) is 0 Å². The Hall–Kier alpha value is -3.15. The highest BCUT2D eigenvalue weighted by atomic mass is 32.1. The average molecular weight is 431 g/mol. The lowest BCUT2D eigenvalue weighted by Crippen LogP contribution is -2.01. The van der Waals surface area contributed by atoms with Crippen LogP contribution in [-0.2, 0) is 0 Å². The van der Waals surface area contributed by atoms with Crippen LogP contribution in [0, 0.1) is 0 Å². The van der Waals surface area contributed by atoms with E-state index in [4.69, 9.17) is 9.47 Å². The van der Waals surface area contributed by atoms with Gasteiger partial charge in [-0.3, -0.25) is 4.79 Å². The van der Waals surface area contributed by atoms with Crippen molar-refractivity contribution in [2.45, 2.75) is 9.79 Å². The minimum atomic E-state index is -0.0720. The van der Waals surface area contributed by atoms with Crippen LogP contribution in [0.2, 0.25) is 0 Å². The summed E-state index contributed by atoms with van der Waals surface area (Å²) in [7, 11) is 0. The Morgan fingerprint density at radius 3 is 1.27 bits per heavy atom. The van der Waals surface area contributed by atoms with Crippen molar-refractivity contribution in [2.75, 3.05) is 0 Å². The summed E-state index contributed by atoms with van der Waals surface area (Å²) in [4.78, 5) is 14.3. The van der Waals surface area contributed by atoms with Crippen molar-refractivity contribution in [1.82, 2.24) is 0 Å². The number of benzene rings is 4. The first-order valence-electron chi connectivity index (χ1n) is 9.27. The predicted molar refractivity (Wildman–Crippen MR) is 124 cm³/mol. The predicted octanol–water partition coefficient (Wildman–Crippen LogP) is 7.08. The van der Waals surface area contributed by atoms with Gasteiger partial charge in [0, 0.05) is 20.9 Å². The van der Waals surface area contributed by atoms with Crippen LogP contribution in [0.4, 0.5) is 0 Å². The van der Waals surface area contributed by atoms with Crippen molar-refractivity contribution in [3.05, 3.63) is 108 Å². The Bertz CT molecular complexity index is 1080. The van der Waals surface area contributed by atoms with E-state index < -0.39 is 0 Å². The van der Waals surface area contributed by atoms with E-state index in [1.807, 2.05) is 48.5 Å². The summed E-state index contributed by atoms with van der Waals surface area (Å²) in [6.07, 6.45) is 0. The number of ether oxygens (including phenoxy) is 2. The number of para-hydroxylation sites is 2. The molecule has 30 heavy (non-hydrogen) atoms. The molecule has 0 saturated heterocycles. The van der Waals surface area contributed by atoms with Crippen LogP contribution < -0.4 is 9.47 Å². The Morgan fingerprint density at radius 1 is 0.533 bits per heavy atom. The van der Waals surface area contributed by atoms with Crippen LogP contribution >= 0.6 is 25.3 Å². The normalized spacial score (nSPS) is 10.5. The first-order chi connectivity index (χ1) is 14.6. The molecule has 3 nitrogen and oxygen atoms in total. The summed E-state index contributed by atoms with van der Waals surface area (Å²) >= 11 is 8.76. The number of hydrogen-bond donors (Lipinski definition) is 2. The Balaban J connectivity index is 1.45. The Kier molecular flexibility index (Phi) is 6.12. The number of carbonyl (C=O) groups excluding carboxylic acids is 1. The second kappa shape index (κ2) is 9.11. The zero-order valence-electron chi connectivity index (χ0n) is 15.9. The maximum atomic E-state index is 12.8. The van der Waals surface area contributed by atoms with Gasteiger partial charge in [0.15, 0.2) is 5.78 Å². The average Bonchev–Trinajstić information content (AvgIpc) is 2.77. The molecule has 0 radical (unpaired) electrons. The molecule has 4 rings (SSSR count). The number of carbonyl (C=O) groups is 1. The molecule has 148 valence electrons. The van der Waals surface area contributed by atoms with Crippen molar-refractivity contribution >= 4 is 31.0 Å². The third-order valence-corrected chi connectivity index (χ3v) is 5.16. The van der Waals surface area contributed by atoms with E-state index in [2.05, 4.69) is 25.3 Å². The highest BCUT2D eigenvalue weighted by molar-refractivity contribution is 7.80. The van der Waals surface area contributed by atoms with Gasteiger partial charge >= 0.3 is 0 Å². The van der Waals surface area contributed by atoms with E-state index in [1.165, 1.54) is 0 Å². The van der Waals surface area contributed by atoms with Crippen LogP contribution in [0.15, 0.2) is 107 Å². The lowest BCUT2D eigenvalue weighted by molar-refractivity contribution is 0.103. The number of rotatable bonds is 6. The third kappa shape index (κ3) is 4.70.